The Kier molecular flexibility index (Phi) is 9.14. The first kappa shape index (κ1) is 16.1. The van der Waals surface area contributed by atoms with Crippen molar-refractivity contribution < 1.29 is 29.0 Å². The first-order valence-electron chi connectivity index (χ1n) is 5.12. The van der Waals surface area contributed by atoms with E-state index in [1.807, 2.05) is 5.32 Å². The van der Waals surface area contributed by atoms with Gasteiger partial charge in [-0.05, 0) is 0 Å². The summed E-state index contributed by atoms with van der Waals surface area (Å²) in [5, 5.41) is 12.5. The second-order valence-electron chi connectivity index (χ2n) is 3.02. The average Bonchev–Trinajstić information content (AvgIpc) is 2.31. The van der Waals surface area contributed by atoms with Crippen LogP contribution in [0, 0.1) is 0 Å². The molecule has 0 heterocycles. The lowest BCUT2D eigenvalue weighted by atomic mass is 10.5. The molecule has 0 bridgehead atoms. The molecule has 0 aromatic rings. The zero-order valence-corrected chi connectivity index (χ0v) is 9.97. The van der Waals surface area contributed by atoms with Crippen molar-refractivity contribution in [2.24, 2.45) is 0 Å². The maximum absolute atomic E-state index is 11.1. The molecule has 0 aliphatic carbocycles. The van der Waals surface area contributed by atoms with E-state index in [0.29, 0.717) is 19.3 Å². The quantitative estimate of drug-likeness (QED) is 0.385. The van der Waals surface area contributed by atoms with Gasteiger partial charge in [0.1, 0.15) is 0 Å². The number of nitrogens with one attached hydrogen (secondary N) is 2. The van der Waals surface area contributed by atoms with E-state index in [1.165, 1.54) is 0 Å². The molecule has 3 amide bonds. The second-order valence-corrected chi connectivity index (χ2v) is 3.02. The number of rotatable bonds is 8. The number of carbonyl (C=O) groups is 3. The molecule has 0 saturated heterocycles. The molecule has 0 aromatic carbocycles. The summed E-state index contributed by atoms with van der Waals surface area (Å²) in [5.74, 6) is -2.08. The Balaban J connectivity index is 3.59. The van der Waals surface area contributed by atoms with Crippen LogP contribution < -0.4 is 10.6 Å². The maximum Gasteiger partial charge on any atom is 0.328 e. The summed E-state index contributed by atoms with van der Waals surface area (Å²) in [6.45, 7) is 1.39. The van der Waals surface area contributed by atoms with Crippen molar-refractivity contribution in [2.45, 2.75) is 0 Å². The van der Waals surface area contributed by atoms with Gasteiger partial charge in [-0.25, -0.2) is 9.59 Å². The van der Waals surface area contributed by atoms with E-state index >= 15 is 0 Å². The van der Waals surface area contributed by atoms with Gasteiger partial charge < -0.3 is 19.9 Å². The fourth-order valence-electron chi connectivity index (χ4n) is 0.826. The number of carboxylic acid groups (broad SMARTS) is 1. The third kappa shape index (κ3) is 10.6. The van der Waals surface area contributed by atoms with Crippen LogP contribution >= 0.6 is 0 Å². The van der Waals surface area contributed by atoms with Gasteiger partial charge in [0.05, 0.1) is 19.8 Å². The Hall–Kier alpha value is -1.93. The number of hydrogen-bond donors (Lipinski definition) is 3. The zero-order valence-electron chi connectivity index (χ0n) is 9.97. The lowest BCUT2D eigenvalue weighted by Gasteiger charge is -2.05. The molecule has 0 spiro atoms. The third-order valence-electron chi connectivity index (χ3n) is 1.58. The number of imide groups is 1. The smallest absolute Gasteiger partial charge is 0.328 e. The molecule has 102 valence electrons. The molecule has 18 heavy (non-hydrogen) atoms. The molecule has 8 heteroatoms. The summed E-state index contributed by atoms with van der Waals surface area (Å²) in [6, 6.07) is -0.717. The number of urea groups is 1. The number of methoxy groups -OCH3 is 1. The van der Waals surface area contributed by atoms with Gasteiger partial charge >= 0.3 is 12.0 Å². The number of aliphatic carboxylic acids is 1. The Morgan fingerprint density at radius 2 is 1.89 bits per heavy atom. The summed E-state index contributed by atoms with van der Waals surface area (Å²) < 4.78 is 9.81. The number of carbonyl (C=O) groups excluding carboxylic acids is 2. The van der Waals surface area contributed by atoms with Crippen molar-refractivity contribution in [3.63, 3.8) is 0 Å². The summed E-state index contributed by atoms with van der Waals surface area (Å²) in [5.41, 5.74) is 0. The van der Waals surface area contributed by atoms with Gasteiger partial charge in [-0.3, -0.25) is 10.1 Å². The minimum absolute atomic E-state index is 0.228. The van der Waals surface area contributed by atoms with Gasteiger partial charge in [0.15, 0.2) is 0 Å². The third-order valence-corrected chi connectivity index (χ3v) is 1.58. The van der Waals surface area contributed by atoms with Crippen molar-refractivity contribution in [1.82, 2.24) is 10.6 Å². The van der Waals surface area contributed by atoms with Crippen LogP contribution in [0.2, 0.25) is 0 Å². The number of ether oxygens (including phenoxy) is 2. The van der Waals surface area contributed by atoms with Crippen LogP contribution in [0.25, 0.3) is 0 Å². The van der Waals surface area contributed by atoms with Crippen molar-refractivity contribution in [3.8, 4) is 0 Å². The van der Waals surface area contributed by atoms with Crippen LogP contribution in [0.4, 0.5) is 4.79 Å². The molecule has 0 rings (SSSR count). The molecule has 0 fully saturated rings. The SMILES string of the molecule is COCCOCCNC(=O)NC(=O)C=CC(=O)O. The summed E-state index contributed by atoms with van der Waals surface area (Å²) >= 11 is 0. The van der Waals surface area contributed by atoms with Gasteiger partial charge in [0.2, 0.25) is 0 Å². The van der Waals surface area contributed by atoms with E-state index in [1.54, 1.807) is 7.11 Å². The molecule has 0 aliphatic heterocycles. The fourth-order valence-corrected chi connectivity index (χ4v) is 0.826. The highest BCUT2D eigenvalue weighted by Gasteiger charge is 2.03. The lowest BCUT2D eigenvalue weighted by Crippen LogP contribution is -2.40. The van der Waals surface area contributed by atoms with Crippen molar-refractivity contribution in [1.29, 1.82) is 0 Å². The summed E-state index contributed by atoms with van der Waals surface area (Å²) in [6.07, 6.45) is 1.38. The molecule has 8 nitrogen and oxygen atoms in total. The Labute approximate surface area is 104 Å². The van der Waals surface area contributed by atoms with Gasteiger partial charge in [-0.2, -0.15) is 0 Å². The highest BCUT2D eigenvalue weighted by Crippen LogP contribution is 1.77. The van der Waals surface area contributed by atoms with Crippen LogP contribution in [-0.4, -0.2) is 56.5 Å². The average molecular weight is 260 g/mol. The van der Waals surface area contributed by atoms with E-state index in [4.69, 9.17) is 14.6 Å². The van der Waals surface area contributed by atoms with Crippen LogP contribution in [0.3, 0.4) is 0 Å². The van der Waals surface area contributed by atoms with Gasteiger partial charge in [0.25, 0.3) is 5.91 Å². The van der Waals surface area contributed by atoms with E-state index in [2.05, 4.69) is 5.32 Å². The predicted octanol–water partition coefficient (Wildman–Crippen LogP) is -0.884. The number of carboxylic acids is 1. The number of amides is 3. The Morgan fingerprint density at radius 3 is 2.50 bits per heavy atom. The minimum Gasteiger partial charge on any atom is -0.478 e. The van der Waals surface area contributed by atoms with E-state index in [0.717, 1.165) is 6.08 Å². The lowest BCUT2D eigenvalue weighted by molar-refractivity contribution is -0.131. The maximum atomic E-state index is 11.1. The molecule has 3 N–H and O–H groups in total. The van der Waals surface area contributed by atoms with Crippen LogP contribution in [0.15, 0.2) is 12.2 Å². The second kappa shape index (κ2) is 10.2. The fraction of sp³-hybridized carbons (Fsp3) is 0.500. The predicted molar refractivity (Wildman–Crippen MR) is 61.0 cm³/mol. The van der Waals surface area contributed by atoms with Crippen LogP contribution in [-0.2, 0) is 19.1 Å². The van der Waals surface area contributed by atoms with E-state index in [-0.39, 0.29) is 13.2 Å². The monoisotopic (exact) mass is 260 g/mol. The standard InChI is InChI=1S/C10H16N2O6/c1-17-6-7-18-5-4-11-10(16)12-8(13)2-3-9(14)15/h2-3H,4-7H2,1H3,(H,14,15)(H2,11,12,13,16). The molecular weight excluding hydrogens is 244 g/mol. The van der Waals surface area contributed by atoms with E-state index < -0.39 is 17.9 Å². The van der Waals surface area contributed by atoms with Gasteiger partial charge in [-0.1, -0.05) is 0 Å². The normalized spacial score (nSPS) is 10.3. The molecule has 0 aromatic heterocycles. The van der Waals surface area contributed by atoms with E-state index in [9.17, 15) is 14.4 Å². The molecule has 0 atom stereocenters. The Morgan fingerprint density at radius 1 is 1.17 bits per heavy atom. The molecule has 0 unspecified atom stereocenters. The molecule has 0 aliphatic rings. The summed E-state index contributed by atoms with van der Waals surface area (Å²) in [7, 11) is 1.55. The van der Waals surface area contributed by atoms with Crippen molar-refractivity contribution >= 4 is 17.9 Å². The molecule has 0 saturated carbocycles. The largest absolute Gasteiger partial charge is 0.478 e. The highest BCUT2D eigenvalue weighted by molar-refractivity contribution is 6.02. The van der Waals surface area contributed by atoms with Crippen LogP contribution in [0.5, 0.6) is 0 Å². The number of hydrogen-bond acceptors (Lipinski definition) is 5. The summed E-state index contributed by atoms with van der Waals surface area (Å²) in [4.78, 5) is 32.1. The zero-order chi connectivity index (χ0) is 13.8. The Bertz CT molecular complexity index is 315. The van der Waals surface area contributed by atoms with Crippen molar-refractivity contribution in [2.75, 3.05) is 33.5 Å². The topological polar surface area (TPSA) is 114 Å². The first-order valence-corrected chi connectivity index (χ1v) is 5.12. The van der Waals surface area contributed by atoms with Crippen molar-refractivity contribution in [3.05, 3.63) is 12.2 Å². The van der Waals surface area contributed by atoms with Gasteiger partial charge in [-0.15, -0.1) is 0 Å². The molecule has 0 radical (unpaired) electrons. The molecular formula is C10H16N2O6. The first-order chi connectivity index (χ1) is 8.56. The van der Waals surface area contributed by atoms with Crippen LogP contribution in [0.1, 0.15) is 0 Å². The minimum atomic E-state index is -1.27. The highest BCUT2D eigenvalue weighted by atomic mass is 16.5. The van der Waals surface area contributed by atoms with Gasteiger partial charge in [0, 0.05) is 25.8 Å².